The van der Waals surface area contributed by atoms with Gasteiger partial charge in [-0.25, -0.2) is 4.68 Å². The van der Waals surface area contributed by atoms with Crippen LogP contribution in [-0.2, 0) is 0 Å². The van der Waals surface area contributed by atoms with Gasteiger partial charge in [0.15, 0.2) is 6.17 Å². The van der Waals surface area contributed by atoms with E-state index in [0.29, 0.717) is 6.61 Å². The van der Waals surface area contributed by atoms with Crippen LogP contribution in [0.3, 0.4) is 0 Å². The number of para-hydroxylation sites is 1. The van der Waals surface area contributed by atoms with E-state index in [9.17, 15) is 0 Å². The van der Waals surface area contributed by atoms with Crippen LogP contribution in [0, 0.1) is 20.8 Å². The predicted molar refractivity (Wildman–Crippen MR) is 101 cm³/mol. The highest BCUT2D eigenvalue weighted by molar-refractivity contribution is 5.82. The maximum absolute atomic E-state index is 5.87. The minimum Gasteiger partial charge on any atom is -0.493 e. The van der Waals surface area contributed by atoms with Crippen LogP contribution in [-0.4, -0.2) is 16.4 Å². The molecule has 0 fully saturated rings. The first-order valence-corrected chi connectivity index (χ1v) is 8.74. The second-order valence-corrected chi connectivity index (χ2v) is 6.64. The zero-order valence-electron chi connectivity index (χ0n) is 15.1. The van der Waals surface area contributed by atoms with Gasteiger partial charge in [-0.05, 0) is 51.5 Å². The summed E-state index contributed by atoms with van der Waals surface area (Å²) >= 11 is 0. The van der Waals surface area contributed by atoms with E-state index in [2.05, 4.69) is 48.1 Å². The molecule has 1 atom stereocenters. The number of hydrogen-bond donors (Lipinski definition) is 1. The Morgan fingerprint density at radius 3 is 2.72 bits per heavy atom. The molecule has 3 aromatic rings. The molecule has 1 aliphatic heterocycles. The van der Waals surface area contributed by atoms with Crippen LogP contribution in [0.2, 0.25) is 0 Å². The highest BCUT2D eigenvalue weighted by Crippen LogP contribution is 2.42. The fourth-order valence-corrected chi connectivity index (χ4v) is 3.68. The van der Waals surface area contributed by atoms with Gasteiger partial charge in [0.25, 0.3) is 0 Å². The monoisotopic (exact) mass is 333 g/mol. The van der Waals surface area contributed by atoms with Crippen LogP contribution < -0.4 is 10.1 Å². The summed E-state index contributed by atoms with van der Waals surface area (Å²) < 4.78 is 7.95. The minimum atomic E-state index is -0.0830. The average molecular weight is 333 g/mol. The third-order valence-corrected chi connectivity index (χ3v) is 4.65. The van der Waals surface area contributed by atoms with Crippen molar-refractivity contribution in [3.63, 3.8) is 0 Å². The van der Waals surface area contributed by atoms with Gasteiger partial charge in [0.1, 0.15) is 5.75 Å². The van der Waals surface area contributed by atoms with Crippen LogP contribution in [0.4, 0.5) is 5.69 Å². The number of anilines is 1. The maximum atomic E-state index is 5.87. The summed E-state index contributed by atoms with van der Waals surface area (Å²) in [6.07, 6.45) is -0.0830. The summed E-state index contributed by atoms with van der Waals surface area (Å²) in [7, 11) is 0. The largest absolute Gasteiger partial charge is 0.493 e. The second kappa shape index (κ2) is 5.96. The first-order chi connectivity index (χ1) is 12.1. The highest BCUT2D eigenvalue weighted by atomic mass is 16.5. The molecule has 0 aliphatic carbocycles. The van der Waals surface area contributed by atoms with Gasteiger partial charge in [0, 0.05) is 16.8 Å². The third kappa shape index (κ3) is 2.58. The van der Waals surface area contributed by atoms with Crippen molar-refractivity contribution in [3.05, 3.63) is 64.8 Å². The molecule has 0 saturated carbocycles. The van der Waals surface area contributed by atoms with Crippen molar-refractivity contribution in [1.29, 1.82) is 0 Å². The van der Waals surface area contributed by atoms with E-state index >= 15 is 0 Å². The Kier molecular flexibility index (Phi) is 3.75. The van der Waals surface area contributed by atoms with E-state index in [1.807, 2.05) is 32.0 Å². The van der Waals surface area contributed by atoms with Gasteiger partial charge in [-0.3, -0.25) is 0 Å². The lowest BCUT2D eigenvalue weighted by Gasteiger charge is -2.31. The number of benzene rings is 2. The van der Waals surface area contributed by atoms with Gasteiger partial charge < -0.3 is 10.1 Å². The molecule has 0 amide bonds. The zero-order chi connectivity index (χ0) is 17.6. The molecular weight excluding hydrogens is 310 g/mol. The lowest BCUT2D eigenvalue weighted by molar-refractivity contribution is 0.332. The Bertz CT molecular complexity index is 942. The van der Waals surface area contributed by atoms with Crippen molar-refractivity contribution in [2.75, 3.05) is 11.9 Å². The number of nitrogens with zero attached hydrogens (tertiary/aromatic N) is 2. The summed E-state index contributed by atoms with van der Waals surface area (Å²) in [5, 5.41) is 8.46. The Hall–Kier alpha value is -2.75. The minimum absolute atomic E-state index is 0.0830. The van der Waals surface area contributed by atoms with Gasteiger partial charge in [-0.2, -0.15) is 5.10 Å². The SMILES string of the molecule is CCOc1ccccc1C1Nc2c(C)cc(C)cc2-c2cc(C)nn21. The first-order valence-electron chi connectivity index (χ1n) is 8.74. The second-order valence-electron chi connectivity index (χ2n) is 6.64. The standard InChI is InChI=1S/C21H23N3O/c1-5-25-19-9-7-6-8-16(19)21-22-20-14(3)10-13(2)11-17(20)18-12-15(4)23-24(18)21/h6-12,21-22H,5H2,1-4H3. The van der Waals surface area contributed by atoms with Crippen LogP contribution in [0.25, 0.3) is 11.3 Å². The molecule has 1 aromatic heterocycles. The number of hydrogen-bond acceptors (Lipinski definition) is 3. The van der Waals surface area contributed by atoms with E-state index in [-0.39, 0.29) is 6.17 Å². The van der Waals surface area contributed by atoms with Crippen molar-refractivity contribution in [2.45, 2.75) is 33.9 Å². The van der Waals surface area contributed by atoms with Gasteiger partial charge >= 0.3 is 0 Å². The molecule has 0 radical (unpaired) electrons. The fourth-order valence-electron chi connectivity index (χ4n) is 3.68. The molecule has 1 aliphatic rings. The topological polar surface area (TPSA) is 39.1 Å². The van der Waals surface area contributed by atoms with E-state index in [1.165, 1.54) is 22.4 Å². The Morgan fingerprint density at radius 1 is 1.12 bits per heavy atom. The van der Waals surface area contributed by atoms with E-state index in [0.717, 1.165) is 22.7 Å². The van der Waals surface area contributed by atoms with Crippen LogP contribution in [0.5, 0.6) is 5.75 Å². The number of aryl methyl sites for hydroxylation is 3. The lowest BCUT2D eigenvalue weighted by atomic mass is 9.98. The zero-order valence-corrected chi connectivity index (χ0v) is 15.1. The van der Waals surface area contributed by atoms with E-state index < -0.39 is 0 Å². The summed E-state index contributed by atoms with van der Waals surface area (Å²) in [6.45, 7) is 8.99. The molecule has 1 N–H and O–H groups in total. The Morgan fingerprint density at radius 2 is 1.92 bits per heavy atom. The molecule has 0 spiro atoms. The van der Waals surface area contributed by atoms with Crippen molar-refractivity contribution in [2.24, 2.45) is 0 Å². The van der Waals surface area contributed by atoms with Crippen LogP contribution >= 0.6 is 0 Å². The normalized spacial score (nSPS) is 15.3. The fraction of sp³-hybridized carbons (Fsp3) is 0.286. The molecule has 2 heterocycles. The molecule has 4 rings (SSSR count). The molecule has 0 saturated heterocycles. The predicted octanol–water partition coefficient (Wildman–Crippen LogP) is 4.85. The third-order valence-electron chi connectivity index (χ3n) is 4.65. The van der Waals surface area contributed by atoms with Gasteiger partial charge in [0.2, 0.25) is 0 Å². The molecule has 25 heavy (non-hydrogen) atoms. The molecular formula is C21H23N3O. The number of nitrogens with one attached hydrogen (secondary N) is 1. The van der Waals surface area contributed by atoms with Crippen molar-refractivity contribution < 1.29 is 4.74 Å². The Balaban J connectivity index is 1.92. The first kappa shape index (κ1) is 15.8. The van der Waals surface area contributed by atoms with Crippen molar-refractivity contribution in [1.82, 2.24) is 9.78 Å². The highest BCUT2D eigenvalue weighted by Gasteiger charge is 2.29. The van der Waals surface area contributed by atoms with Crippen LogP contribution in [0.1, 0.15) is 35.5 Å². The lowest BCUT2D eigenvalue weighted by Crippen LogP contribution is -2.26. The quantitative estimate of drug-likeness (QED) is 0.745. The molecule has 1 unspecified atom stereocenters. The van der Waals surface area contributed by atoms with Gasteiger partial charge in [0.05, 0.1) is 18.0 Å². The summed E-state index contributed by atoms with van der Waals surface area (Å²) in [5.41, 5.74) is 8.16. The molecule has 0 bridgehead atoms. The van der Waals surface area contributed by atoms with Gasteiger partial charge in [-0.1, -0.05) is 29.8 Å². The van der Waals surface area contributed by atoms with Gasteiger partial charge in [-0.15, -0.1) is 0 Å². The van der Waals surface area contributed by atoms with Crippen molar-refractivity contribution in [3.8, 4) is 17.0 Å². The summed E-state index contributed by atoms with van der Waals surface area (Å²) in [6, 6.07) is 14.8. The van der Waals surface area contributed by atoms with Crippen molar-refractivity contribution >= 4 is 5.69 Å². The maximum Gasteiger partial charge on any atom is 0.150 e. The smallest absolute Gasteiger partial charge is 0.150 e. The molecule has 2 aromatic carbocycles. The van der Waals surface area contributed by atoms with Crippen LogP contribution in [0.15, 0.2) is 42.5 Å². The summed E-state index contributed by atoms with van der Waals surface area (Å²) in [5.74, 6) is 0.898. The van der Waals surface area contributed by atoms with E-state index in [1.54, 1.807) is 0 Å². The number of ether oxygens (including phenoxy) is 1. The number of aromatic nitrogens is 2. The Labute approximate surface area is 148 Å². The van der Waals surface area contributed by atoms with E-state index in [4.69, 9.17) is 9.84 Å². The average Bonchev–Trinajstić information content (AvgIpc) is 2.97. The number of rotatable bonds is 3. The molecule has 4 nitrogen and oxygen atoms in total. The molecule has 128 valence electrons. The molecule has 4 heteroatoms. The summed E-state index contributed by atoms with van der Waals surface area (Å²) in [4.78, 5) is 0. The number of fused-ring (bicyclic) bond motifs is 3.